The van der Waals surface area contributed by atoms with Gasteiger partial charge in [0.1, 0.15) is 0 Å². The molecule has 0 saturated carbocycles. The number of hydrogen-bond donors (Lipinski definition) is 0. The monoisotopic (exact) mass is 363 g/mol. The lowest BCUT2D eigenvalue weighted by Crippen LogP contribution is -2.28. The first-order chi connectivity index (χ1) is 8.22. The minimum atomic E-state index is 0.776. The molecular formula is C13H19Br2NO. The van der Waals surface area contributed by atoms with Crippen LogP contribution in [0.15, 0.2) is 22.7 Å². The lowest BCUT2D eigenvalue weighted by Gasteiger charge is -2.25. The quantitative estimate of drug-likeness (QED) is 0.530. The largest absolute Gasteiger partial charge is 0.380 e. The first-order valence-corrected chi connectivity index (χ1v) is 7.81. The smallest absolute Gasteiger partial charge is 0.0641 e. The van der Waals surface area contributed by atoms with Crippen molar-refractivity contribution in [1.82, 2.24) is 0 Å². The molecule has 0 fully saturated rings. The van der Waals surface area contributed by atoms with Crippen molar-refractivity contribution in [3.8, 4) is 0 Å². The van der Waals surface area contributed by atoms with E-state index in [1.165, 1.54) is 11.3 Å². The molecule has 96 valence electrons. The second-order valence-corrected chi connectivity index (χ2v) is 5.16. The molecule has 2 nitrogen and oxygen atoms in total. The SMILES string of the molecule is CCOCCN(CC)c1cc(Br)ccc1CBr. The predicted molar refractivity (Wildman–Crippen MR) is 81.2 cm³/mol. The minimum absolute atomic E-state index is 0.776. The van der Waals surface area contributed by atoms with Crippen LogP contribution < -0.4 is 4.90 Å². The summed E-state index contributed by atoms with van der Waals surface area (Å²) in [5.74, 6) is 0. The molecule has 0 unspecified atom stereocenters. The number of benzene rings is 1. The Morgan fingerprint density at radius 1 is 1.29 bits per heavy atom. The van der Waals surface area contributed by atoms with Gasteiger partial charge in [-0.3, -0.25) is 0 Å². The zero-order valence-corrected chi connectivity index (χ0v) is 13.6. The lowest BCUT2D eigenvalue weighted by molar-refractivity contribution is 0.154. The fourth-order valence-corrected chi connectivity index (χ4v) is 2.54. The van der Waals surface area contributed by atoms with Crippen molar-refractivity contribution < 1.29 is 4.74 Å². The van der Waals surface area contributed by atoms with Gasteiger partial charge in [-0.15, -0.1) is 0 Å². The first kappa shape index (κ1) is 15.0. The Labute approximate surface area is 121 Å². The second-order valence-electron chi connectivity index (χ2n) is 3.68. The molecule has 0 aliphatic rings. The normalized spacial score (nSPS) is 10.6. The van der Waals surface area contributed by atoms with Crippen LogP contribution >= 0.6 is 31.9 Å². The standard InChI is InChI=1S/C13H19Br2NO/c1-3-16(7-8-17-4-2)13-9-12(15)6-5-11(13)10-14/h5-6,9H,3-4,7-8,10H2,1-2H3. The van der Waals surface area contributed by atoms with Gasteiger partial charge in [0, 0.05) is 35.2 Å². The topological polar surface area (TPSA) is 12.5 Å². The fraction of sp³-hybridized carbons (Fsp3) is 0.538. The van der Waals surface area contributed by atoms with Crippen LogP contribution in [0.2, 0.25) is 0 Å². The van der Waals surface area contributed by atoms with E-state index in [9.17, 15) is 0 Å². The van der Waals surface area contributed by atoms with Gasteiger partial charge in [-0.1, -0.05) is 37.9 Å². The van der Waals surface area contributed by atoms with Gasteiger partial charge in [0.05, 0.1) is 6.61 Å². The molecule has 17 heavy (non-hydrogen) atoms. The maximum Gasteiger partial charge on any atom is 0.0641 e. The summed E-state index contributed by atoms with van der Waals surface area (Å²) in [4.78, 5) is 2.34. The average molecular weight is 365 g/mol. The van der Waals surface area contributed by atoms with Crippen LogP contribution in [0.1, 0.15) is 19.4 Å². The molecule has 1 rings (SSSR count). The average Bonchev–Trinajstić information content (AvgIpc) is 2.35. The minimum Gasteiger partial charge on any atom is -0.380 e. The van der Waals surface area contributed by atoms with Gasteiger partial charge in [-0.25, -0.2) is 0 Å². The Kier molecular flexibility index (Phi) is 7.16. The van der Waals surface area contributed by atoms with Crippen LogP contribution in [0.4, 0.5) is 5.69 Å². The van der Waals surface area contributed by atoms with Gasteiger partial charge < -0.3 is 9.64 Å². The van der Waals surface area contributed by atoms with Crippen LogP contribution in [0, 0.1) is 0 Å². The maximum atomic E-state index is 5.43. The second kappa shape index (κ2) is 8.11. The van der Waals surface area contributed by atoms with Crippen LogP contribution in [0.3, 0.4) is 0 Å². The fourth-order valence-electron chi connectivity index (χ4n) is 1.71. The summed E-state index contributed by atoms with van der Waals surface area (Å²) < 4.78 is 6.54. The van der Waals surface area contributed by atoms with Gasteiger partial charge in [0.25, 0.3) is 0 Å². The van der Waals surface area contributed by atoms with E-state index >= 15 is 0 Å². The molecule has 0 aromatic heterocycles. The molecule has 0 N–H and O–H groups in total. The summed E-state index contributed by atoms with van der Waals surface area (Å²) in [6.45, 7) is 7.68. The Morgan fingerprint density at radius 3 is 2.65 bits per heavy atom. The number of nitrogens with zero attached hydrogens (tertiary/aromatic N) is 1. The highest BCUT2D eigenvalue weighted by Crippen LogP contribution is 2.26. The molecule has 1 aromatic rings. The van der Waals surface area contributed by atoms with Crippen molar-refractivity contribution in [3.63, 3.8) is 0 Å². The number of hydrogen-bond acceptors (Lipinski definition) is 2. The highest BCUT2D eigenvalue weighted by molar-refractivity contribution is 9.10. The summed E-state index contributed by atoms with van der Waals surface area (Å²) in [5, 5.41) is 0.876. The number of rotatable bonds is 7. The molecular weight excluding hydrogens is 346 g/mol. The Bertz CT molecular complexity index is 344. The zero-order chi connectivity index (χ0) is 12.7. The first-order valence-electron chi connectivity index (χ1n) is 5.90. The molecule has 0 atom stereocenters. The van der Waals surface area contributed by atoms with Crippen molar-refractivity contribution in [1.29, 1.82) is 0 Å². The van der Waals surface area contributed by atoms with Gasteiger partial charge >= 0.3 is 0 Å². The van der Waals surface area contributed by atoms with Gasteiger partial charge in [0.2, 0.25) is 0 Å². The van der Waals surface area contributed by atoms with Crippen molar-refractivity contribution in [3.05, 3.63) is 28.2 Å². The molecule has 0 spiro atoms. The summed E-state index contributed by atoms with van der Waals surface area (Å²) in [5.41, 5.74) is 2.59. The molecule has 4 heteroatoms. The maximum absolute atomic E-state index is 5.43. The van der Waals surface area contributed by atoms with Gasteiger partial charge in [-0.2, -0.15) is 0 Å². The Balaban J connectivity index is 2.82. The number of ether oxygens (including phenoxy) is 1. The van der Waals surface area contributed by atoms with E-state index in [1.54, 1.807) is 0 Å². The van der Waals surface area contributed by atoms with Crippen molar-refractivity contribution in [2.24, 2.45) is 0 Å². The van der Waals surface area contributed by atoms with Gasteiger partial charge in [-0.05, 0) is 31.5 Å². The molecule has 0 radical (unpaired) electrons. The van der Waals surface area contributed by atoms with Crippen molar-refractivity contribution >= 4 is 37.5 Å². The highest BCUT2D eigenvalue weighted by atomic mass is 79.9. The van der Waals surface area contributed by atoms with E-state index in [2.05, 4.69) is 61.9 Å². The summed E-state index contributed by atoms with van der Waals surface area (Å²) >= 11 is 7.07. The van der Waals surface area contributed by atoms with E-state index < -0.39 is 0 Å². The van der Waals surface area contributed by atoms with E-state index in [4.69, 9.17) is 4.74 Å². The third-order valence-electron chi connectivity index (χ3n) is 2.62. The number of halogens is 2. The summed E-state index contributed by atoms with van der Waals surface area (Å²) in [6.07, 6.45) is 0. The van der Waals surface area contributed by atoms with Gasteiger partial charge in [0.15, 0.2) is 0 Å². The van der Waals surface area contributed by atoms with Crippen LogP contribution in [0.5, 0.6) is 0 Å². The zero-order valence-electron chi connectivity index (χ0n) is 10.4. The van der Waals surface area contributed by atoms with Crippen LogP contribution in [-0.2, 0) is 10.1 Å². The summed E-state index contributed by atoms with van der Waals surface area (Å²) in [7, 11) is 0. The molecule has 0 amide bonds. The third kappa shape index (κ3) is 4.60. The van der Waals surface area contributed by atoms with Crippen molar-refractivity contribution in [2.75, 3.05) is 31.2 Å². The summed E-state index contributed by atoms with van der Waals surface area (Å²) in [6, 6.07) is 6.40. The number of alkyl halides is 1. The molecule has 0 aliphatic carbocycles. The predicted octanol–water partition coefficient (Wildman–Crippen LogP) is 4.21. The van der Waals surface area contributed by atoms with Crippen LogP contribution in [0.25, 0.3) is 0 Å². The molecule has 0 aliphatic heterocycles. The number of likely N-dealkylation sites (N-methyl/N-ethyl adjacent to an activating group) is 1. The number of anilines is 1. The molecule has 0 heterocycles. The van der Waals surface area contributed by atoms with E-state index in [1.807, 2.05) is 6.92 Å². The van der Waals surface area contributed by atoms with Crippen LogP contribution in [-0.4, -0.2) is 26.3 Å². The molecule has 0 saturated heterocycles. The van der Waals surface area contributed by atoms with E-state index in [-0.39, 0.29) is 0 Å². The molecule has 1 aromatic carbocycles. The van der Waals surface area contributed by atoms with Crippen molar-refractivity contribution in [2.45, 2.75) is 19.2 Å². The molecule has 0 bridgehead atoms. The third-order valence-corrected chi connectivity index (χ3v) is 3.72. The Morgan fingerprint density at radius 2 is 2.06 bits per heavy atom. The van der Waals surface area contributed by atoms with E-state index in [0.29, 0.717) is 0 Å². The van der Waals surface area contributed by atoms with E-state index in [0.717, 1.165) is 36.1 Å². The lowest BCUT2D eigenvalue weighted by atomic mass is 10.2. The Hall–Kier alpha value is -0.0600. The highest BCUT2D eigenvalue weighted by Gasteiger charge is 2.09.